The van der Waals surface area contributed by atoms with Gasteiger partial charge >= 0.3 is 0 Å². The Morgan fingerprint density at radius 2 is 1.66 bits per heavy atom. The second kappa shape index (κ2) is 10.9. The molecule has 8 heteroatoms. The van der Waals surface area contributed by atoms with Crippen molar-refractivity contribution in [3.05, 3.63) is 99.6 Å². The van der Waals surface area contributed by atoms with Gasteiger partial charge < -0.3 is 34.6 Å². The van der Waals surface area contributed by atoms with Crippen LogP contribution in [0.1, 0.15) is 53.9 Å². The van der Waals surface area contributed by atoms with Gasteiger partial charge in [0, 0.05) is 5.02 Å². The molecule has 0 radical (unpaired) electrons. The van der Waals surface area contributed by atoms with E-state index in [0.717, 1.165) is 22.4 Å². The van der Waals surface area contributed by atoms with Crippen LogP contribution in [0.5, 0.6) is 5.75 Å². The van der Waals surface area contributed by atoms with Crippen molar-refractivity contribution in [2.75, 3.05) is 13.2 Å². The quantitative estimate of drug-likeness (QED) is 0.361. The first kappa shape index (κ1) is 27.1. The number of aliphatic hydroxyl groups excluding tert-OH is 4. The van der Waals surface area contributed by atoms with Gasteiger partial charge in [0.1, 0.15) is 49.0 Å². The highest BCUT2D eigenvalue weighted by atomic mass is 35.5. The van der Waals surface area contributed by atoms with Crippen LogP contribution < -0.4 is 4.74 Å². The minimum Gasteiger partial charge on any atom is -0.491 e. The van der Waals surface area contributed by atoms with Crippen LogP contribution in [0.25, 0.3) is 0 Å². The van der Waals surface area contributed by atoms with Crippen molar-refractivity contribution < 1.29 is 34.6 Å². The summed E-state index contributed by atoms with van der Waals surface area (Å²) in [6, 6.07) is 21.2. The van der Waals surface area contributed by atoms with E-state index in [4.69, 9.17) is 25.8 Å². The molecule has 0 spiro atoms. The molecule has 4 N–H and O–H groups in total. The zero-order chi connectivity index (χ0) is 27.0. The van der Waals surface area contributed by atoms with Gasteiger partial charge in [0.05, 0.1) is 12.2 Å². The summed E-state index contributed by atoms with van der Waals surface area (Å²) in [5.74, 6) is 0.737. The number of fused-ring (bicyclic) bond motifs is 1. The van der Waals surface area contributed by atoms with Gasteiger partial charge in [0.25, 0.3) is 0 Å². The Morgan fingerprint density at radius 3 is 2.39 bits per heavy atom. The standard InChI is InChI=1S/C30H33ClO7/c1-30(2)22-6-4-3-5-21(22)25(38-30)16-36-20-10-7-17(8-11-20)13-19-14-18(9-12-23(19)31)29-28(35)27(34)26(33)24(15-32)37-29/h3-12,14,24-29,32-35H,13,15-16H2,1-2H3/t24-,25?,26-,27+,28-,29?/m1/s1. The topological polar surface area (TPSA) is 109 Å². The van der Waals surface area contributed by atoms with Gasteiger partial charge in [-0.15, -0.1) is 0 Å². The average Bonchev–Trinajstić information content (AvgIpc) is 3.18. The molecule has 2 unspecified atom stereocenters. The molecule has 0 saturated carbocycles. The highest BCUT2D eigenvalue weighted by Gasteiger charge is 2.44. The Labute approximate surface area is 227 Å². The van der Waals surface area contributed by atoms with Gasteiger partial charge in [-0.2, -0.15) is 0 Å². The van der Waals surface area contributed by atoms with Crippen LogP contribution in [0, 0.1) is 0 Å². The minimum atomic E-state index is -1.44. The maximum atomic E-state index is 10.5. The molecular weight excluding hydrogens is 508 g/mol. The molecule has 0 bridgehead atoms. The summed E-state index contributed by atoms with van der Waals surface area (Å²) in [4.78, 5) is 0. The first-order valence-corrected chi connectivity index (χ1v) is 13.1. The molecule has 7 nitrogen and oxygen atoms in total. The van der Waals surface area contributed by atoms with Crippen LogP contribution in [-0.2, 0) is 21.5 Å². The van der Waals surface area contributed by atoms with Crippen molar-refractivity contribution in [1.82, 2.24) is 0 Å². The highest BCUT2D eigenvalue weighted by molar-refractivity contribution is 6.31. The van der Waals surface area contributed by atoms with E-state index in [0.29, 0.717) is 23.6 Å². The second-order valence-corrected chi connectivity index (χ2v) is 10.8. The van der Waals surface area contributed by atoms with Gasteiger partial charge in [0.2, 0.25) is 0 Å². The number of ether oxygens (including phenoxy) is 3. The fourth-order valence-electron chi connectivity index (χ4n) is 5.31. The lowest BCUT2D eigenvalue weighted by atomic mass is 9.90. The van der Waals surface area contributed by atoms with Crippen molar-refractivity contribution in [3.63, 3.8) is 0 Å². The first-order valence-electron chi connectivity index (χ1n) is 12.8. The van der Waals surface area contributed by atoms with Gasteiger partial charge in [-0.3, -0.25) is 0 Å². The monoisotopic (exact) mass is 540 g/mol. The van der Waals surface area contributed by atoms with Crippen LogP contribution in [0.2, 0.25) is 5.02 Å². The van der Waals surface area contributed by atoms with E-state index in [1.807, 2.05) is 42.5 Å². The zero-order valence-corrected chi connectivity index (χ0v) is 22.1. The summed E-state index contributed by atoms with van der Waals surface area (Å²) >= 11 is 6.48. The Bertz CT molecular complexity index is 1260. The van der Waals surface area contributed by atoms with Gasteiger partial charge in [-0.1, -0.05) is 60.1 Å². The normalized spacial score (nSPS) is 28.2. The average molecular weight is 541 g/mol. The van der Waals surface area contributed by atoms with E-state index in [2.05, 4.69) is 26.0 Å². The maximum Gasteiger partial charge on any atom is 0.119 e. The lowest BCUT2D eigenvalue weighted by Crippen LogP contribution is -2.55. The second-order valence-electron chi connectivity index (χ2n) is 10.4. The third-order valence-corrected chi connectivity index (χ3v) is 7.77. The molecule has 1 fully saturated rings. The number of halogens is 1. The number of hydrogen-bond acceptors (Lipinski definition) is 7. The van der Waals surface area contributed by atoms with E-state index >= 15 is 0 Å². The molecule has 202 valence electrons. The predicted molar refractivity (Wildman–Crippen MR) is 142 cm³/mol. The summed E-state index contributed by atoms with van der Waals surface area (Å²) in [7, 11) is 0. The minimum absolute atomic E-state index is 0.134. The van der Waals surface area contributed by atoms with Crippen molar-refractivity contribution in [3.8, 4) is 5.75 Å². The molecule has 5 rings (SSSR count). The molecule has 0 amide bonds. The van der Waals surface area contributed by atoms with Crippen LogP contribution in [0.3, 0.4) is 0 Å². The number of benzene rings is 3. The molecule has 3 aromatic carbocycles. The maximum absolute atomic E-state index is 10.5. The van der Waals surface area contributed by atoms with Crippen LogP contribution >= 0.6 is 11.6 Å². The Kier molecular flexibility index (Phi) is 7.80. The predicted octanol–water partition coefficient (Wildman–Crippen LogP) is 3.83. The number of aliphatic hydroxyl groups is 4. The zero-order valence-electron chi connectivity index (χ0n) is 21.3. The largest absolute Gasteiger partial charge is 0.491 e. The number of rotatable bonds is 7. The van der Waals surface area contributed by atoms with Crippen LogP contribution in [0.4, 0.5) is 0 Å². The summed E-state index contributed by atoms with van der Waals surface area (Å²) < 4.78 is 18.0. The van der Waals surface area contributed by atoms with E-state index < -0.39 is 37.1 Å². The molecule has 6 atom stereocenters. The van der Waals surface area contributed by atoms with Gasteiger partial charge in [-0.25, -0.2) is 0 Å². The fourth-order valence-corrected chi connectivity index (χ4v) is 5.50. The summed E-state index contributed by atoms with van der Waals surface area (Å²) in [6.45, 7) is 4.07. The van der Waals surface area contributed by atoms with E-state index in [-0.39, 0.29) is 11.7 Å². The molecule has 0 aliphatic carbocycles. The van der Waals surface area contributed by atoms with Crippen molar-refractivity contribution >= 4 is 11.6 Å². The molecule has 0 aromatic heterocycles. The molecule has 3 aromatic rings. The Hall–Kier alpha value is -2.49. The molecule has 2 heterocycles. The third-order valence-electron chi connectivity index (χ3n) is 7.40. The van der Waals surface area contributed by atoms with Crippen LogP contribution in [0.15, 0.2) is 66.7 Å². The summed E-state index contributed by atoms with van der Waals surface area (Å²) in [6.07, 6.45) is -5.68. The first-order chi connectivity index (χ1) is 18.2. The molecular formula is C30H33ClO7. The van der Waals surface area contributed by atoms with Gasteiger partial charge in [0.15, 0.2) is 0 Å². The Balaban J connectivity index is 1.25. The number of hydrogen-bond donors (Lipinski definition) is 4. The van der Waals surface area contributed by atoms with E-state index in [9.17, 15) is 20.4 Å². The van der Waals surface area contributed by atoms with Gasteiger partial charge in [-0.05, 0) is 66.3 Å². The SMILES string of the molecule is CC1(C)OC(COc2ccc(Cc3cc(C4O[C@H](CO)[C@@H](O)[C@H](O)[C@H]4O)ccc3Cl)cc2)c2ccccc21. The van der Waals surface area contributed by atoms with Crippen molar-refractivity contribution in [1.29, 1.82) is 0 Å². The fraction of sp³-hybridized carbons (Fsp3) is 0.400. The smallest absolute Gasteiger partial charge is 0.119 e. The third kappa shape index (κ3) is 5.33. The van der Waals surface area contributed by atoms with E-state index in [1.165, 1.54) is 5.56 Å². The van der Waals surface area contributed by atoms with E-state index in [1.54, 1.807) is 12.1 Å². The van der Waals surface area contributed by atoms with Crippen LogP contribution in [-0.4, -0.2) is 58.1 Å². The van der Waals surface area contributed by atoms with Crippen molar-refractivity contribution in [2.45, 2.75) is 62.5 Å². The lowest BCUT2D eigenvalue weighted by molar-refractivity contribution is -0.231. The summed E-state index contributed by atoms with van der Waals surface area (Å²) in [5, 5.41) is 40.8. The molecule has 2 aliphatic heterocycles. The molecule has 38 heavy (non-hydrogen) atoms. The molecule has 2 aliphatic rings. The highest BCUT2D eigenvalue weighted by Crippen LogP contribution is 2.43. The lowest BCUT2D eigenvalue weighted by Gasteiger charge is -2.40. The van der Waals surface area contributed by atoms with Crippen molar-refractivity contribution in [2.24, 2.45) is 0 Å². The summed E-state index contributed by atoms with van der Waals surface area (Å²) in [5.41, 5.74) is 4.41. The Morgan fingerprint density at radius 1 is 0.921 bits per heavy atom. The molecule has 1 saturated heterocycles.